The van der Waals surface area contributed by atoms with Crippen LogP contribution in [0, 0.1) is 0 Å². The summed E-state index contributed by atoms with van der Waals surface area (Å²) in [4.78, 5) is 5.12. The van der Waals surface area contributed by atoms with E-state index in [0.717, 1.165) is 26.1 Å². The number of hydrogen-bond acceptors (Lipinski definition) is 2. The van der Waals surface area contributed by atoms with Gasteiger partial charge in [-0.25, -0.2) is 0 Å². The van der Waals surface area contributed by atoms with Crippen LogP contribution in [0.25, 0.3) is 0 Å². The van der Waals surface area contributed by atoms with Crippen molar-refractivity contribution >= 4 is 0 Å². The predicted molar refractivity (Wildman–Crippen MR) is 32.7 cm³/mol. The second kappa shape index (κ2) is 3.80. The molecule has 0 aromatic carbocycles. The molecular weight excluding hydrogens is 121 g/mol. The van der Waals surface area contributed by atoms with Crippen LogP contribution in [0.15, 0.2) is 0 Å². The molecule has 1 rings (SSSR count). The summed E-state index contributed by atoms with van der Waals surface area (Å²) in [5, 5.41) is 1.83. The minimum absolute atomic E-state index is 0.236. The molecule has 0 amide bonds. The van der Waals surface area contributed by atoms with Crippen molar-refractivity contribution < 1.29 is 9.23 Å². The minimum Gasteiger partial charge on any atom is -0.299 e. The average Bonchev–Trinajstić information content (AvgIpc) is 2.34. The third kappa shape index (κ3) is 2.28. The largest absolute Gasteiger partial charge is 0.299 e. The maximum Gasteiger partial charge on any atom is 0.0907 e. The summed E-state index contributed by atoms with van der Waals surface area (Å²) < 4.78 is 11.6. The third-order valence-corrected chi connectivity index (χ3v) is 1.37. The second-order valence-electron chi connectivity index (χ2n) is 2.16. The molecule has 0 bridgehead atoms. The fourth-order valence-electron chi connectivity index (χ4n) is 0.912. The van der Waals surface area contributed by atoms with Crippen molar-refractivity contribution in [1.29, 1.82) is 0 Å². The highest BCUT2D eigenvalue weighted by molar-refractivity contribution is 4.52. The van der Waals surface area contributed by atoms with Gasteiger partial charge in [0, 0.05) is 13.1 Å². The molecule has 54 valence electrons. The van der Waals surface area contributed by atoms with Gasteiger partial charge >= 0.3 is 0 Å². The lowest BCUT2D eigenvalue weighted by Gasteiger charge is -2.10. The zero-order valence-electron chi connectivity index (χ0n) is 5.48. The standard InChI is InChI=1S/C6H12FNO/c7-3-1-4-8-5-2-6-9-8/h1-6H2. The molecule has 3 heteroatoms. The lowest BCUT2D eigenvalue weighted by molar-refractivity contribution is -0.110. The van der Waals surface area contributed by atoms with Crippen molar-refractivity contribution in [3.05, 3.63) is 0 Å². The Hall–Kier alpha value is -0.150. The Labute approximate surface area is 54.6 Å². The van der Waals surface area contributed by atoms with Gasteiger partial charge in [0.05, 0.1) is 13.3 Å². The molecule has 0 N–H and O–H groups in total. The molecule has 2 nitrogen and oxygen atoms in total. The van der Waals surface area contributed by atoms with Crippen molar-refractivity contribution in [2.75, 3.05) is 26.4 Å². The Morgan fingerprint density at radius 2 is 2.44 bits per heavy atom. The third-order valence-electron chi connectivity index (χ3n) is 1.37. The van der Waals surface area contributed by atoms with E-state index >= 15 is 0 Å². The number of alkyl halides is 1. The molecule has 1 heterocycles. The molecule has 1 aliphatic rings. The van der Waals surface area contributed by atoms with Crippen LogP contribution in [0.1, 0.15) is 12.8 Å². The zero-order chi connectivity index (χ0) is 6.53. The molecule has 0 aromatic heterocycles. The maximum absolute atomic E-state index is 11.6. The lowest BCUT2D eigenvalue weighted by Crippen LogP contribution is -2.19. The predicted octanol–water partition coefficient (Wildman–Crippen LogP) is 0.983. The lowest BCUT2D eigenvalue weighted by atomic mass is 10.4. The van der Waals surface area contributed by atoms with Gasteiger partial charge in [0.15, 0.2) is 0 Å². The Morgan fingerprint density at radius 1 is 1.56 bits per heavy atom. The summed E-state index contributed by atoms with van der Waals surface area (Å²) in [5.74, 6) is 0. The average molecular weight is 133 g/mol. The Morgan fingerprint density at radius 3 is 3.00 bits per heavy atom. The topological polar surface area (TPSA) is 12.5 Å². The smallest absolute Gasteiger partial charge is 0.0907 e. The van der Waals surface area contributed by atoms with Gasteiger partial charge in [-0.3, -0.25) is 9.23 Å². The first-order chi connectivity index (χ1) is 4.43. The highest BCUT2D eigenvalue weighted by Gasteiger charge is 2.10. The van der Waals surface area contributed by atoms with Crippen LogP contribution in [0.3, 0.4) is 0 Å². The summed E-state index contributed by atoms with van der Waals surface area (Å²) in [6, 6.07) is 0. The molecule has 0 aliphatic carbocycles. The second-order valence-corrected chi connectivity index (χ2v) is 2.16. The van der Waals surface area contributed by atoms with E-state index in [1.54, 1.807) is 0 Å². The summed E-state index contributed by atoms with van der Waals surface area (Å²) >= 11 is 0. The fraction of sp³-hybridized carbons (Fsp3) is 1.00. The molecule has 0 saturated carbocycles. The van der Waals surface area contributed by atoms with Crippen LogP contribution in [0.2, 0.25) is 0 Å². The van der Waals surface area contributed by atoms with Gasteiger partial charge in [-0.2, -0.15) is 5.06 Å². The first kappa shape index (κ1) is 6.96. The van der Waals surface area contributed by atoms with Crippen molar-refractivity contribution in [2.24, 2.45) is 0 Å². The number of nitrogens with zero attached hydrogens (tertiary/aromatic N) is 1. The highest BCUT2D eigenvalue weighted by Crippen LogP contribution is 2.03. The van der Waals surface area contributed by atoms with Crippen LogP contribution in [0.4, 0.5) is 4.39 Å². The van der Waals surface area contributed by atoms with E-state index in [4.69, 9.17) is 4.84 Å². The first-order valence-corrected chi connectivity index (χ1v) is 3.37. The van der Waals surface area contributed by atoms with Gasteiger partial charge in [0.2, 0.25) is 0 Å². The quantitative estimate of drug-likeness (QED) is 0.569. The van der Waals surface area contributed by atoms with Crippen LogP contribution in [0.5, 0.6) is 0 Å². The summed E-state index contributed by atoms with van der Waals surface area (Å²) in [7, 11) is 0. The van der Waals surface area contributed by atoms with Crippen LogP contribution in [-0.4, -0.2) is 31.4 Å². The van der Waals surface area contributed by atoms with Crippen LogP contribution >= 0.6 is 0 Å². The summed E-state index contributed by atoms with van der Waals surface area (Å²) in [5.41, 5.74) is 0. The summed E-state index contributed by atoms with van der Waals surface area (Å²) in [6.07, 6.45) is 1.69. The van der Waals surface area contributed by atoms with E-state index in [9.17, 15) is 4.39 Å². The van der Waals surface area contributed by atoms with Crippen LogP contribution in [-0.2, 0) is 4.84 Å². The van der Waals surface area contributed by atoms with Crippen molar-refractivity contribution in [1.82, 2.24) is 5.06 Å². The molecule has 1 fully saturated rings. The summed E-state index contributed by atoms with van der Waals surface area (Å²) in [6.45, 7) is 2.29. The molecule has 9 heavy (non-hydrogen) atoms. The normalized spacial score (nSPS) is 21.0. The van der Waals surface area contributed by atoms with E-state index < -0.39 is 0 Å². The van der Waals surface area contributed by atoms with Crippen molar-refractivity contribution in [3.63, 3.8) is 0 Å². The first-order valence-electron chi connectivity index (χ1n) is 3.37. The SMILES string of the molecule is FCCCN1CCCO1. The maximum atomic E-state index is 11.6. The molecule has 0 spiro atoms. The van der Waals surface area contributed by atoms with Crippen LogP contribution < -0.4 is 0 Å². The van der Waals surface area contributed by atoms with E-state index in [2.05, 4.69) is 0 Å². The van der Waals surface area contributed by atoms with Gasteiger partial charge in [0.1, 0.15) is 0 Å². The van der Waals surface area contributed by atoms with E-state index in [-0.39, 0.29) is 6.67 Å². The molecule has 0 aromatic rings. The minimum atomic E-state index is -0.236. The van der Waals surface area contributed by atoms with E-state index in [0.29, 0.717) is 6.42 Å². The Balaban J connectivity index is 1.98. The molecule has 0 unspecified atom stereocenters. The molecule has 1 saturated heterocycles. The Bertz CT molecular complexity index is 73.5. The molecular formula is C6H12FNO. The van der Waals surface area contributed by atoms with Crippen molar-refractivity contribution in [3.8, 4) is 0 Å². The fourth-order valence-corrected chi connectivity index (χ4v) is 0.912. The molecule has 0 atom stereocenters. The van der Waals surface area contributed by atoms with Gasteiger partial charge in [-0.05, 0) is 12.8 Å². The van der Waals surface area contributed by atoms with E-state index in [1.165, 1.54) is 0 Å². The van der Waals surface area contributed by atoms with E-state index in [1.807, 2.05) is 5.06 Å². The Kier molecular flexibility index (Phi) is 2.94. The zero-order valence-corrected chi connectivity index (χ0v) is 5.48. The van der Waals surface area contributed by atoms with Gasteiger partial charge in [-0.1, -0.05) is 0 Å². The number of rotatable bonds is 3. The monoisotopic (exact) mass is 133 g/mol. The number of halogens is 1. The van der Waals surface area contributed by atoms with Gasteiger partial charge < -0.3 is 0 Å². The van der Waals surface area contributed by atoms with Gasteiger partial charge in [-0.15, -0.1) is 0 Å². The van der Waals surface area contributed by atoms with Gasteiger partial charge in [0.25, 0.3) is 0 Å². The molecule has 1 aliphatic heterocycles. The number of hydroxylamine groups is 2. The highest BCUT2D eigenvalue weighted by atomic mass is 19.1. The van der Waals surface area contributed by atoms with Crippen molar-refractivity contribution in [2.45, 2.75) is 12.8 Å². The molecule has 0 radical (unpaired) electrons. The number of hydrogen-bond donors (Lipinski definition) is 0.